The Kier molecular flexibility index (Phi) is 5.25. The van der Waals surface area contributed by atoms with Gasteiger partial charge in [0.15, 0.2) is 0 Å². The maximum atomic E-state index is 10.2. The lowest BCUT2D eigenvalue weighted by Crippen LogP contribution is -2.23. The zero-order valence-electron chi connectivity index (χ0n) is 11.7. The molecule has 1 aliphatic rings. The molecule has 0 aromatic heterocycles. The Morgan fingerprint density at radius 3 is 3.16 bits per heavy atom. The number of rotatable bonds is 7. The second-order valence-electron chi connectivity index (χ2n) is 5.15. The van der Waals surface area contributed by atoms with E-state index in [9.17, 15) is 4.79 Å². The molecule has 2 rings (SSSR count). The number of fused-ring (bicyclic) bond motifs is 1. The second-order valence-corrected chi connectivity index (χ2v) is 5.15. The van der Waals surface area contributed by atoms with Crippen molar-refractivity contribution in [3.63, 3.8) is 0 Å². The van der Waals surface area contributed by atoms with Crippen LogP contribution >= 0.6 is 0 Å². The Morgan fingerprint density at radius 1 is 1.47 bits per heavy atom. The molecule has 1 unspecified atom stereocenters. The van der Waals surface area contributed by atoms with Crippen molar-refractivity contribution in [3.8, 4) is 5.75 Å². The third-order valence-corrected chi connectivity index (χ3v) is 3.66. The summed E-state index contributed by atoms with van der Waals surface area (Å²) in [6, 6.07) is 6.43. The van der Waals surface area contributed by atoms with Crippen molar-refractivity contribution < 1.29 is 9.53 Å². The number of hydrogen-bond donors (Lipinski definition) is 1. The van der Waals surface area contributed by atoms with E-state index in [1.807, 2.05) is 0 Å². The number of para-hydroxylation sites is 1. The molecule has 1 aliphatic heterocycles. The highest BCUT2D eigenvalue weighted by Gasteiger charge is 2.21. The fourth-order valence-electron chi connectivity index (χ4n) is 2.69. The number of carbonyl (C=O) groups is 1. The summed E-state index contributed by atoms with van der Waals surface area (Å²) in [5.74, 6) is 1.11. The van der Waals surface area contributed by atoms with Gasteiger partial charge in [-0.25, -0.2) is 0 Å². The fraction of sp³-hybridized carbons (Fsp3) is 0.562. The summed E-state index contributed by atoms with van der Waals surface area (Å²) in [7, 11) is 0. The van der Waals surface area contributed by atoms with Crippen LogP contribution in [0.25, 0.3) is 0 Å². The van der Waals surface area contributed by atoms with E-state index < -0.39 is 0 Å². The molecule has 0 saturated heterocycles. The molecule has 1 N–H and O–H groups in total. The number of ether oxygens (including phenoxy) is 1. The van der Waals surface area contributed by atoms with E-state index >= 15 is 0 Å². The first-order chi connectivity index (χ1) is 9.35. The van der Waals surface area contributed by atoms with Crippen molar-refractivity contribution in [1.82, 2.24) is 5.32 Å². The van der Waals surface area contributed by atoms with E-state index in [-0.39, 0.29) is 0 Å². The fourth-order valence-corrected chi connectivity index (χ4v) is 2.69. The van der Waals surface area contributed by atoms with Gasteiger partial charge in [0.05, 0.1) is 6.10 Å². The molecule has 0 radical (unpaired) electrons. The van der Waals surface area contributed by atoms with Gasteiger partial charge in [-0.05, 0) is 43.2 Å². The van der Waals surface area contributed by atoms with Gasteiger partial charge in [0.1, 0.15) is 5.75 Å². The summed E-state index contributed by atoms with van der Waals surface area (Å²) in [6.07, 6.45) is 7.63. The number of carbonyl (C=O) groups excluding carboxylic acids is 1. The topological polar surface area (TPSA) is 38.3 Å². The van der Waals surface area contributed by atoms with Crippen molar-refractivity contribution in [3.05, 3.63) is 29.3 Å². The lowest BCUT2D eigenvalue weighted by atomic mass is 9.96. The highest BCUT2D eigenvalue weighted by molar-refractivity contribution is 5.46. The summed E-state index contributed by atoms with van der Waals surface area (Å²) in [5.41, 5.74) is 2.62. The molecule has 1 heterocycles. The molecule has 0 spiro atoms. The molecular formula is C16H23NO2. The number of benzene rings is 1. The molecule has 0 aliphatic carbocycles. The van der Waals surface area contributed by atoms with Crippen LogP contribution in [0.5, 0.6) is 5.75 Å². The molecule has 0 saturated carbocycles. The second kappa shape index (κ2) is 7.17. The minimum absolute atomic E-state index is 0.381. The van der Waals surface area contributed by atoms with Crippen LogP contribution < -0.4 is 10.1 Å². The smallest absolute Gasteiger partial charge is 0.207 e. The van der Waals surface area contributed by atoms with Crippen LogP contribution in [0.2, 0.25) is 0 Å². The predicted molar refractivity (Wildman–Crippen MR) is 76.5 cm³/mol. The van der Waals surface area contributed by atoms with Crippen molar-refractivity contribution in [2.75, 3.05) is 6.54 Å². The third-order valence-electron chi connectivity index (χ3n) is 3.66. The number of aryl methyl sites for hydroxylation is 2. The molecule has 3 heteroatoms. The number of hydrogen-bond acceptors (Lipinski definition) is 2. The summed E-state index contributed by atoms with van der Waals surface area (Å²) in [4.78, 5) is 10.2. The third kappa shape index (κ3) is 3.72. The van der Waals surface area contributed by atoms with Gasteiger partial charge in [0, 0.05) is 6.54 Å². The average molecular weight is 261 g/mol. The molecule has 0 fully saturated rings. The van der Waals surface area contributed by atoms with Crippen LogP contribution in [0.3, 0.4) is 0 Å². The monoisotopic (exact) mass is 261 g/mol. The van der Waals surface area contributed by atoms with Gasteiger partial charge in [0.25, 0.3) is 0 Å². The van der Waals surface area contributed by atoms with Gasteiger partial charge in [-0.3, -0.25) is 4.79 Å². The van der Waals surface area contributed by atoms with E-state index in [2.05, 4.69) is 30.4 Å². The lowest BCUT2D eigenvalue weighted by Gasteiger charge is -2.28. The van der Waals surface area contributed by atoms with Crippen molar-refractivity contribution in [2.24, 2.45) is 0 Å². The zero-order chi connectivity index (χ0) is 13.5. The largest absolute Gasteiger partial charge is 0.490 e. The van der Waals surface area contributed by atoms with Gasteiger partial charge < -0.3 is 10.1 Å². The van der Waals surface area contributed by atoms with E-state index in [1.165, 1.54) is 17.5 Å². The van der Waals surface area contributed by atoms with E-state index in [4.69, 9.17) is 4.74 Å². The highest BCUT2D eigenvalue weighted by Crippen LogP contribution is 2.33. The van der Waals surface area contributed by atoms with Gasteiger partial charge in [-0.15, -0.1) is 0 Å². The van der Waals surface area contributed by atoms with E-state index in [0.29, 0.717) is 6.10 Å². The van der Waals surface area contributed by atoms with Gasteiger partial charge in [0.2, 0.25) is 6.41 Å². The predicted octanol–water partition coefficient (Wildman–Crippen LogP) is 2.86. The first-order valence-corrected chi connectivity index (χ1v) is 7.29. The summed E-state index contributed by atoms with van der Waals surface area (Å²) in [5, 5.41) is 2.71. The Bertz CT molecular complexity index is 417. The van der Waals surface area contributed by atoms with Crippen molar-refractivity contribution >= 4 is 6.41 Å². The molecule has 1 atom stereocenters. The lowest BCUT2D eigenvalue weighted by molar-refractivity contribution is -0.109. The summed E-state index contributed by atoms with van der Waals surface area (Å²) >= 11 is 0. The molecule has 0 bridgehead atoms. The van der Waals surface area contributed by atoms with Crippen molar-refractivity contribution in [1.29, 1.82) is 0 Å². The molecular weight excluding hydrogens is 238 g/mol. The first kappa shape index (κ1) is 13.9. The van der Waals surface area contributed by atoms with Gasteiger partial charge in [-0.2, -0.15) is 0 Å². The van der Waals surface area contributed by atoms with Crippen LogP contribution in [-0.4, -0.2) is 19.1 Å². The average Bonchev–Trinajstić information content (AvgIpc) is 2.44. The van der Waals surface area contributed by atoms with E-state index in [1.54, 1.807) is 0 Å². The number of nitrogens with one attached hydrogen (secondary N) is 1. The van der Waals surface area contributed by atoms with Crippen molar-refractivity contribution in [2.45, 2.75) is 51.6 Å². The maximum absolute atomic E-state index is 10.2. The highest BCUT2D eigenvalue weighted by atomic mass is 16.5. The Hall–Kier alpha value is -1.51. The summed E-state index contributed by atoms with van der Waals surface area (Å²) < 4.78 is 6.17. The molecule has 3 nitrogen and oxygen atoms in total. The summed E-state index contributed by atoms with van der Waals surface area (Å²) in [6.45, 7) is 2.93. The van der Waals surface area contributed by atoms with Crippen LogP contribution in [0.4, 0.5) is 0 Å². The van der Waals surface area contributed by atoms with Crippen LogP contribution in [0, 0.1) is 0 Å². The standard InChI is InChI=1S/C16H23NO2/c1-2-5-15-10-9-14-7-3-6-13(16(14)19-15)8-4-11-17-12-18/h3,6-7,12,15H,2,4-5,8-11H2,1H3,(H,17,18). The normalized spacial score (nSPS) is 17.4. The molecule has 19 heavy (non-hydrogen) atoms. The minimum Gasteiger partial charge on any atom is -0.490 e. The van der Waals surface area contributed by atoms with Crippen LogP contribution in [0.1, 0.15) is 43.7 Å². The Labute approximate surface area is 115 Å². The quantitative estimate of drug-likeness (QED) is 0.605. The Balaban J connectivity index is 2.02. The van der Waals surface area contributed by atoms with Crippen LogP contribution in [0.15, 0.2) is 18.2 Å². The first-order valence-electron chi connectivity index (χ1n) is 7.29. The van der Waals surface area contributed by atoms with Crippen LogP contribution in [-0.2, 0) is 17.6 Å². The molecule has 104 valence electrons. The van der Waals surface area contributed by atoms with Gasteiger partial charge in [-0.1, -0.05) is 31.5 Å². The molecule has 1 aromatic carbocycles. The Morgan fingerprint density at radius 2 is 2.37 bits per heavy atom. The minimum atomic E-state index is 0.381. The molecule has 1 amide bonds. The van der Waals surface area contributed by atoms with E-state index in [0.717, 1.165) is 50.8 Å². The molecule has 1 aromatic rings. The SMILES string of the molecule is CCCC1CCc2cccc(CCCNC=O)c2O1. The van der Waals surface area contributed by atoms with Gasteiger partial charge >= 0.3 is 0 Å². The maximum Gasteiger partial charge on any atom is 0.207 e. The zero-order valence-corrected chi connectivity index (χ0v) is 11.7. The number of amides is 1.